The predicted molar refractivity (Wildman–Crippen MR) is 81.9 cm³/mol. The molecule has 0 aliphatic carbocycles. The second-order valence-corrected chi connectivity index (χ2v) is 6.43. The number of hydrogen-bond acceptors (Lipinski definition) is 5. The van der Waals surface area contributed by atoms with Crippen LogP contribution in [0.2, 0.25) is 0 Å². The van der Waals surface area contributed by atoms with Gasteiger partial charge in [-0.05, 0) is 20.0 Å². The van der Waals surface area contributed by atoms with Crippen molar-refractivity contribution >= 4 is 44.0 Å². The van der Waals surface area contributed by atoms with E-state index in [0.717, 1.165) is 6.07 Å². The molecule has 0 saturated carbocycles. The minimum absolute atomic E-state index is 0. The second kappa shape index (κ2) is 7.89. The van der Waals surface area contributed by atoms with Crippen molar-refractivity contribution in [1.29, 1.82) is 0 Å². The van der Waals surface area contributed by atoms with E-state index in [1.54, 1.807) is 14.0 Å². The topological polar surface area (TPSA) is 101 Å². The van der Waals surface area contributed by atoms with E-state index in [1.807, 2.05) is 0 Å². The van der Waals surface area contributed by atoms with E-state index in [4.69, 9.17) is 0 Å². The fourth-order valence-electron chi connectivity index (χ4n) is 1.38. The number of nitro benzene ring substituents is 1. The summed E-state index contributed by atoms with van der Waals surface area (Å²) in [5.74, 6) is 0. The molecule has 0 aromatic heterocycles. The standard InChI is InChI=1S/C10H14BrN3O4S.ClH/c1-7-9(11)5-8(6-10(7)14(15)16)19(17,18)13-4-3-12-2;/h5-6,12-13H,3-4H2,1-2H3;1H. The highest BCUT2D eigenvalue weighted by Crippen LogP contribution is 2.29. The van der Waals surface area contributed by atoms with Gasteiger partial charge in [-0.15, -0.1) is 12.4 Å². The first-order chi connectivity index (χ1) is 8.79. The summed E-state index contributed by atoms with van der Waals surface area (Å²) in [6.45, 7) is 2.22. The van der Waals surface area contributed by atoms with Gasteiger partial charge in [0.1, 0.15) is 0 Å². The smallest absolute Gasteiger partial charge is 0.274 e. The van der Waals surface area contributed by atoms with Crippen molar-refractivity contribution in [1.82, 2.24) is 10.0 Å². The second-order valence-electron chi connectivity index (χ2n) is 3.81. The van der Waals surface area contributed by atoms with Crippen molar-refractivity contribution in [2.45, 2.75) is 11.8 Å². The summed E-state index contributed by atoms with van der Waals surface area (Å²) < 4.78 is 26.7. The van der Waals surface area contributed by atoms with Crippen LogP contribution in [0.1, 0.15) is 5.56 Å². The average molecular weight is 389 g/mol. The van der Waals surface area contributed by atoms with Gasteiger partial charge in [-0.1, -0.05) is 15.9 Å². The molecule has 0 amide bonds. The van der Waals surface area contributed by atoms with Crippen LogP contribution >= 0.6 is 28.3 Å². The van der Waals surface area contributed by atoms with Gasteiger partial charge in [-0.25, -0.2) is 13.1 Å². The van der Waals surface area contributed by atoms with Crippen LogP contribution in [0.5, 0.6) is 0 Å². The lowest BCUT2D eigenvalue weighted by Gasteiger charge is -2.08. The van der Waals surface area contributed by atoms with Crippen LogP contribution < -0.4 is 10.0 Å². The Morgan fingerprint density at radius 1 is 1.35 bits per heavy atom. The molecule has 0 heterocycles. The Kier molecular flexibility index (Phi) is 7.60. The largest absolute Gasteiger partial charge is 0.318 e. The number of nitro groups is 1. The molecular formula is C10H15BrClN3O4S. The van der Waals surface area contributed by atoms with Crippen LogP contribution in [0.4, 0.5) is 5.69 Å². The fourth-order valence-corrected chi connectivity index (χ4v) is 3.06. The van der Waals surface area contributed by atoms with Crippen LogP contribution in [0.25, 0.3) is 0 Å². The van der Waals surface area contributed by atoms with Gasteiger partial charge in [0.15, 0.2) is 0 Å². The molecule has 0 unspecified atom stereocenters. The van der Waals surface area contributed by atoms with E-state index in [9.17, 15) is 18.5 Å². The molecular weight excluding hydrogens is 374 g/mol. The highest BCUT2D eigenvalue weighted by atomic mass is 79.9. The Hall–Kier alpha value is -0.740. The minimum Gasteiger partial charge on any atom is -0.318 e. The number of rotatable bonds is 6. The molecule has 0 saturated heterocycles. The molecule has 0 bridgehead atoms. The SMILES string of the molecule is CNCCNS(=O)(=O)c1cc(Br)c(C)c([N+](=O)[O-])c1.Cl. The van der Waals surface area contributed by atoms with Crippen LogP contribution in [0.3, 0.4) is 0 Å². The number of nitrogens with one attached hydrogen (secondary N) is 2. The molecule has 10 heteroatoms. The highest BCUT2D eigenvalue weighted by molar-refractivity contribution is 9.10. The van der Waals surface area contributed by atoms with Crippen molar-refractivity contribution in [3.05, 3.63) is 32.3 Å². The third-order valence-corrected chi connectivity index (χ3v) is 4.73. The normalized spacial score (nSPS) is 10.9. The van der Waals surface area contributed by atoms with Crippen molar-refractivity contribution in [2.75, 3.05) is 20.1 Å². The van der Waals surface area contributed by atoms with Gasteiger partial charge < -0.3 is 5.32 Å². The van der Waals surface area contributed by atoms with E-state index in [2.05, 4.69) is 26.0 Å². The molecule has 1 aromatic rings. The Bertz CT molecular complexity index is 594. The number of benzene rings is 1. The summed E-state index contributed by atoms with van der Waals surface area (Å²) >= 11 is 3.13. The summed E-state index contributed by atoms with van der Waals surface area (Å²) in [4.78, 5) is 10.1. The van der Waals surface area contributed by atoms with Crippen LogP contribution in [0.15, 0.2) is 21.5 Å². The van der Waals surface area contributed by atoms with Gasteiger partial charge in [0.2, 0.25) is 10.0 Å². The summed E-state index contributed by atoms with van der Waals surface area (Å²) in [5, 5.41) is 13.7. The van der Waals surface area contributed by atoms with Gasteiger partial charge in [0, 0.05) is 29.2 Å². The van der Waals surface area contributed by atoms with Crippen LogP contribution in [0, 0.1) is 17.0 Å². The highest BCUT2D eigenvalue weighted by Gasteiger charge is 2.21. The Morgan fingerprint density at radius 2 is 1.95 bits per heavy atom. The van der Waals surface area contributed by atoms with E-state index in [1.165, 1.54) is 6.07 Å². The molecule has 0 aliphatic rings. The third kappa shape index (κ3) is 4.67. The van der Waals surface area contributed by atoms with Gasteiger partial charge in [-0.2, -0.15) is 0 Å². The van der Waals surface area contributed by atoms with Crippen molar-refractivity contribution in [3.63, 3.8) is 0 Å². The molecule has 2 N–H and O–H groups in total. The lowest BCUT2D eigenvalue weighted by molar-refractivity contribution is -0.385. The minimum atomic E-state index is -3.75. The molecule has 1 aromatic carbocycles. The maximum Gasteiger partial charge on any atom is 0.274 e. The van der Waals surface area contributed by atoms with Gasteiger partial charge in [0.05, 0.1) is 9.82 Å². The van der Waals surface area contributed by atoms with Crippen molar-refractivity contribution < 1.29 is 13.3 Å². The first-order valence-electron chi connectivity index (χ1n) is 5.38. The van der Waals surface area contributed by atoms with Crippen molar-refractivity contribution in [2.24, 2.45) is 0 Å². The zero-order chi connectivity index (χ0) is 14.6. The molecule has 1 rings (SSSR count). The number of halogens is 2. The van der Waals surface area contributed by atoms with E-state index < -0.39 is 14.9 Å². The molecule has 0 atom stereocenters. The lowest BCUT2D eigenvalue weighted by atomic mass is 10.2. The average Bonchev–Trinajstić information content (AvgIpc) is 2.32. The molecule has 7 nitrogen and oxygen atoms in total. The zero-order valence-electron chi connectivity index (χ0n) is 10.8. The van der Waals surface area contributed by atoms with Gasteiger partial charge >= 0.3 is 0 Å². The molecule has 0 fully saturated rings. The number of nitrogens with zero attached hydrogens (tertiary/aromatic N) is 1. The summed E-state index contributed by atoms with van der Waals surface area (Å²) in [7, 11) is -2.06. The third-order valence-electron chi connectivity index (χ3n) is 2.46. The maximum absolute atomic E-state index is 12.0. The number of likely N-dealkylation sites (N-methyl/N-ethyl adjacent to an activating group) is 1. The summed E-state index contributed by atoms with van der Waals surface area (Å²) in [5.41, 5.74) is 0.155. The molecule has 0 spiro atoms. The first-order valence-corrected chi connectivity index (χ1v) is 7.66. The van der Waals surface area contributed by atoms with E-state index in [0.29, 0.717) is 16.6 Å². The quantitative estimate of drug-likeness (QED) is 0.438. The monoisotopic (exact) mass is 387 g/mol. The van der Waals surface area contributed by atoms with Crippen LogP contribution in [-0.4, -0.2) is 33.5 Å². The molecule has 114 valence electrons. The number of hydrogen-bond donors (Lipinski definition) is 2. The lowest BCUT2D eigenvalue weighted by Crippen LogP contribution is -2.30. The van der Waals surface area contributed by atoms with Crippen molar-refractivity contribution in [3.8, 4) is 0 Å². The summed E-state index contributed by atoms with van der Waals surface area (Å²) in [6.07, 6.45) is 0. The van der Waals surface area contributed by atoms with E-state index in [-0.39, 0.29) is 29.5 Å². The molecule has 20 heavy (non-hydrogen) atoms. The first kappa shape index (κ1) is 19.3. The summed E-state index contributed by atoms with van der Waals surface area (Å²) in [6, 6.07) is 2.41. The Labute approximate surface area is 131 Å². The van der Waals surface area contributed by atoms with Gasteiger partial charge in [0.25, 0.3) is 5.69 Å². The Balaban J connectivity index is 0.00000361. The maximum atomic E-state index is 12.0. The Morgan fingerprint density at radius 3 is 2.45 bits per heavy atom. The molecule has 0 aliphatic heterocycles. The van der Waals surface area contributed by atoms with Gasteiger partial charge in [-0.3, -0.25) is 10.1 Å². The fraction of sp³-hybridized carbons (Fsp3) is 0.400. The van der Waals surface area contributed by atoms with Crippen LogP contribution in [-0.2, 0) is 10.0 Å². The van der Waals surface area contributed by atoms with E-state index >= 15 is 0 Å². The predicted octanol–water partition coefficient (Wildman–Crippen LogP) is 1.59. The molecule has 0 radical (unpaired) electrons. The number of sulfonamides is 1. The zero-order valence-corrected chi connectivity index (χ0v) is 14.1.